The van der Waals surface area contributed by atoms with Crippen LogP contribution in [0.4, 0.5) is 0 Å². The molecule has 3 rings (SSSR count). The predicted molar refractivity (Wildman–Crippen MR) is 77.9 cm³/mol. The summed E-state index contributed by atoms with van der Waals surface area (Å²) in [5.74, 6) is 1.05. The van der Waals surface area contributed by atoms with Gasteiger partial charge < -0.3 is 19.7 Å². The van der Waals surface area contributed by atoms with Crippen molar-refractivity contribution in [3.63, 3.8) is 0 Å². The molecule has 0 bridgehead atoms. The Balaban J connectivity index is 2.40. The zero-order valence-electron chi connectivity index (χ0n) is 11.2. The molecule has 0 heterocycles. The minimum Gasteiger partial charge on any atom is -0.504 e. The molecule has 0 radical (unpaired) electrons. The van der Waals surface area contributed by atoms with Crippen LogP contribution in [0, 0.1) is 0 Å². The second-order valence-corrected chi connectivity index (χ2v) is 4.53. The molecule has 0 saturated carbocycles. The van der Waals surface area contributed by atoms with Gasteiger partial charge in [-0.05, 0) is 35.0 Å². The summed E-state index contributed by atoms with van der Waals surface area (Å²) in [5.41, 5.74) is 0. The number of aromatic hydroxyl groups is 2. The highest BCUT2D eigenvalue weighted by molar-refractivity contribution is 6.04. The van der Waals surface area contributed by atoms with Crippen molar-refractivity contribution in [2.24, 2.45) is 0 Å². The van der Waals surface area contributed by atoms with Crippen molar-refractivity contribution in [1.29, 1.82) is 0 Å². The number of ether oxygens (including phenoxy) is 2. The molecule has 0 amide bonds. The van der Waals surface area contributed by atoms with E-state index in [4.69, 9.17) is 9.47 Å². The van der Waals surface area contributed by atoms with E-state index < -0.39 is 0 Å². The summed E-state index contributed by atoms with van der Waals surface area (Å²) >= 11 is 0. The number of hydrogen-bond acceptors (Lipinski definition) is 4. The Bertz CT molecular complexity index is 739. The minimum absolute atomic E-state index is 0.0993. The third-order valence-electron chi connectivity index (χ3n) is 3.47. The van der Waals surface area contributed by atoms with Gasteiger partial charge in [0.15, 0.2) is 23.0 Å². The summed E-state index contributed by atoms with van der Waals surface area (Å²) in [6.45, 7) is 0. The van der Waals surface area contributed by atoms with Crippen LogP contribution in [-0.2, 0) is 0 Å². The van der Waals surface area contributed by atoms with Crippen LogP contribution in [0.2, 0.25) is 0 Å². The minimum atomic E-state index is 0.0993. The first-order chi connectivity index (χ1) is 9.65. The van der Waals surface area contributed by atoms with Crippen LogP contribution in [-0.4, -0.2) is 24.4 Å². The Morgan fingerprint density at radius 1 is 0.700 bits per heavy atom. The maximum Gasteiger partial charge on any atom is 0.165 e. The monoisotopic (exact) mass is 270 g/mol. The molecule has 0 unspecified atom stereocenters. The van der Waals surface area contributed by atoms with Crippen LogP contribution in [0.15, 0.2) is 36.4 Å². The highest BCUT2D eigenvalue weighted by Gasteiger charge is 2.11. The third-order valence-corrected chi connectivity index (χ3v) is 3.47. The van der Waals surface area contributed by atoms with Gasteiger partial charge in [0.1, 0.15) is 0 Å². The van der Waals surface area contributed by atoms with Gasteiger partial charge in [0.25, 0.3) is 0 Å². The second-order valence-electron chi connectivity index (χ2n) is 4.53. The third kappa shape index (κ3) is 1.69. The lowest BCUT2D eigenvalue weighted by Crippen LogP contribution is -1.87. The smallest absolute Gasteiger partial charge is 0.165 e. The van der Waals surface area contributed by atoms with Gasteiger partial charge in [0.05, 0.1) is 14.2 Å². The van der Waals surface area contributed by atoms with E-state index in [9.17, 15) is 10.2 Å². The fourth-order valence-electron chi connectivity index (χ4n) is 2.40. The molecule has 0 spiro atoms. The highest BCUT2D eigenvalue weighted by Crippen LogP contribution is 2.40. The summed E-state index contributed by atoms with van der Waals surface area (Å²) in [6, 6.07) is 10.7. The zero-order valence-corrected chi connectivity index (χ0v) is 11.2. The molecule has 2 N–H and O–H groups in total. The molecule has 0 aliphatic carbocycles. The van der Waals surface area contributed by atoms with Gasteiger partial charge in [-0.25, -0.2) is 0 Å². The molecule has 0 aliphatic heterocycles. The Hall–Kier alpha value is -2.62. The lowest BCUT2D eigenvalue weighted by Gasteiger charge is -2.10. The van der Waals surface area contributed by atoms with Crippen molar-refractivity contribution in [1.82, 2.24) is 0 Å². The van der Waals surface area contributed by atoms with Gasteiger partial charge in [-0.15, -0.1) is 0 Å². The number of phenolic OH excluding ortho intramolecular Hbond substituents is 2. The zero-order chi connectivity index (χ0) is 14.3. The van der Waals surface area contributed by atoms with E-state index in [2.05, 4.69) is 0 Å². The van der Waals surface area contributed by atoms with Crippen molar-refractivity contribution in [2.45, 2.75) is 0 Å². The molecule has 102 valence electrons. The summed E-state index contributed by atoms with van der Waals surface area (Å²) < 4.78 is 10.2. The van der Waals surface area contributed by atoms with Gasteiger partial charge in [0.2, 0.25) is 0 Å². The molecule has 4 nitrogen and oxygen atoms in total. The maximum absolute atomic E-state index is 10.2. The summed E-state index contributed by atoms with van der Waals surface area (Å²) in [7, 11) is 3.03. The van der Waals surface area contributed by atoms with Gasteiger partial charge in [-0.3, -0.25) is 0 Å². The molecule has 20 heavy (non-hydrogen) atoms. The van der Waals surface area contributed by atoms with Crippen LogP contribution in [0.25, 0.3) is 21.5 Å². The summed E-state index contributed by atoms with van der Waals surface area (Å²) in [4.78, 5) is 0. The average Bonchev–Trinajstić information content (AvgIpc) is 2.47. The predicted octanol–water partition coefficient (Wildman–Crippen LogP) is 3.42. The van der Waals surface area contributed by atoms with E-state index in [-0.39, 0.29) is 11.5 Å². The van der Waals surface area contributed by atoms with Gasteiger partial charge in [0, 0.05) is 10.8 Å². The summed E-state index contributed by atoms with van der Waals surface area (Å²) in [6.07, 6.45) is 0. The molecular formula is C16H14O4. The Labute approximate surface area is 115 Å². The topological polar surface area (TPSA) is 58.9 Å². The number of fused-ring (bicyclic) bond motifs is 2. The molecule has 0 atom stereocenters. The van der Waals surface area contributed by atoms with Crippen molar-refractivity contribution in [3.05, 3.63) is 36.4 Å². The maximum atomic E-state index is 10.2. The van der Waals surface area contributed by atoms with Crippen LogP contribution in [0.1, 0.15) is 0 Å². The van der Waals surface area contributed by atoms with E-state index in [1.165, 1.54) is 14.2 Å². The van der Waals surface area contributed by atoms with E-state index in [0.29, 0.717) is 22.3 Å². The largest absolute Gasteiger partial charge is 0.504 e. The van der Waals surface area contributed by atoms with Crippen LogP contribution in [0.5, 0.6) is 23.0 Å². The Morgan fingerprint density at radius 2 is 1.10 bits per heavy atom. The van der Waals surface area contributed by atoms with Gasteiger partial charge in [-0.1, -0.05) is 12.1 Å². The second kappa shape index (κ2) is 4.49. The standard InChI is InChI=1S/C16H14O4/c1-19-13-5-3-9-8-12-10(7-11(9)15(13)17)4-6-14(20-2)16(12)18/h3-8,17-18H,1-2H3. The number of methoxy groups -OCH3 is 2. The molecule has 0 aromatic heterocycles. The Kier molecular flexibility index (Phi) is 2.79. The number of benzene rings is 3. The fraction of sp³-hybridized carbons (Fsp3) is 0.125. The molecule has 4 heteroatoms. The first-order valence-corrected chi connectivity index (χ1v) is 6.15. The molecule has 0 aliphatic rings. The number of hydrogen-bond donors (Lipinski definition) is 2. The van der Waals surface area contributed by atoms with E-state index in [0.717, 1.165) is 10.8 Å². The normalized spacial score (nSPS) is 10.9. The van der Waals surface area contributed by atoms with Crippen LogP contribution < -0.4 is 9.47 Å². The lowest BCUT2D eigenvalue weighted by molar-refractivity contribution is 0.376. The molecule has 0 saturated heterocycles. The molecule has 3 aromatic rings. The molecule has 3 aromatic carbocycles. The quantitative estimate of drug-likeness (QED) is 0.700. The van der Waals surface area contributed by atoms with Gasteiger partial charge >= 0.3 is 0 Å². The summed E-state index contributed by atoms with van der Waals surface area (Å²) in [5, 5.41) is 23.3. The lowest BCUT2D eigenvalue weighted by atomic mass is 10.0. The van der Waals surface area contributed by atoms with E-state index in [1.807, 2.05) is 24.3 Å². The SMILES string of the molecule is COc1ccc2cc3c(O)c(OC)ccc3cc2c1O. The van der Waals surface area contributed by atoms with Crippen molar-refractivity contribution in [2.75, 3.05) is 14.2 Å². The fourth-order valence-corrected chi connectivity index (χ4v) is 2.40. The number of phenols is 2. The number of rotatable bonds is 2. The molecular weight excluding hydrogens is 256 g/mol. The van der Waals surface area contributed by atoms with Crippen LogP contribution >= 0.6 is 0 Å². The first kappa shape index (κ1) is 12.4. The molecule has 0 fully saturated rings. The van der Waals surface area contributed by atoms with Crippen molar-refractivity contribution in [3.8, 4) is 23.0 Å². The first-order valence-electron chi connectivity index (χ1n) is 6.15. The van der Waals surface area contributed by atoms with E-state index >= 15 is 0 Å². The average molecular weight is 270 g/mol. The van der Waals surface area contributed by atoms with Crippen LogP contribution in [0.3, 0.4) is 0 Å². The van der Waals surface area contributed by atoms with Crippen molar-refractivity contribution < 1.29 is 19.7 Å². The Morgan fingerprint density at radius 3 is 1.45 bits per heavy atom. The van der Waals surface area contributed by atoms with E-state index in [1.54, 1.807) is 12.1 Å². The van der Waals surface area contributed by atoms with Crippen molar-refractivity contribution >= 4 is 21.5 Å². The van der Waals surface area contributed by atoms with Gasteiger partial charge in [-0.2, -0.15) is 0 Å². The highest BCUT2D eigenvalue weighted by atomic mass is 16.5.